The number of sulfonamides is 1. The highest BCUT2D eigenvalue weighted by Crippen LogP contribution is 2.25. The van der Waals surface area contributed by atoms with Gasteiger partial charge in [-0.1, -0.05) is 11.6 Å². The first-order valence-electron chi connectivity index (χ1n) is 6.85. The number of rotatable bonds is 4. The number of halogens is 1. The Labute approximate surface area is 130 Å². The van der Waals surface area contributed by atoms with Crippen molar-refractivity contribution in [3.05, 3.63) is 28.8 Å². The fraction of sp³-hybridized carbons (Fsp3) is 0.500. The quantitative estimate of drug-likeness (QED) is 0.886. The Morgan fingerprint density at radius 3 is 2.38 bits per heavy atom. The van der Waals surface area contributed by atoms with Crippen LogP contribution in [0.1, 0.15) is 31.2 Å². The average Bonchev–Trinajstić information content (AvgIpc) is 2.47. The molecule has 21 heavy (non-hydrogen) atoms. The van der Waals surface area contributed by atoms with Gasteiger partial charge in [0.25, 0.3) is 0 Å². The first-order chi connectivity index (χ1) is 9.96. The van der Waals surface area contributed by atoms with Gasteiger partial charge in [-0.25, -0.2) is 13.1 Å². The minimum absolute atomic E-state index is 0.0268. The van der Waals surface area contributed by atoms with Crippen molar-refractivity contribution < 1.29 is 8.42 Å². The Bertz CT molecular complexity index is 647. The van der Waals surface area contributed by atoms with E-state index in [0.717, 1.165) is 25.7 Å². The lowest BCUT2D eigenvalue weighted by Gasteiger charge is -2.28. The molecular formula is C14H18ClN3O2S. The van der Waals surface area contributed by atoms with Gasteiger partial charge in [0.05, 0.1) is 16.7 Å². The summed E-state index contributed by atoms with van der Waals surface area (Å²) in [6, 6.07) is 6.53. The number of nitriles is 1. The smallest absolute Gasteiger partial charge is 0.242 e. The van der Waals surface area contributed by atoms with E-state index in [1.54, 1.807) is 0 Å². The van der Waals surface area contributed by atoms with Crippen molar-refractivity contribution in [2.24, 2.45) is 0 Å². The normalized spacial score (nSPS) is 22.7. The molecule has 2 N–H and O–H groups in total. The zero-order valence-electron chi connectivity index (χ0n) is 11.8. The molecule has 0 spiro atoms. The van der Waals surface area contributed by atoms with E-state index in [0.29, 0.717) is 11.6 Å². The maximum Gasteiger partial charge on any atom is 0.242 e. The van der Waals surface area contributed by atoms with Crippen LogP contribution < -0.4 is 10.0 Å². The number of benzene rings is 1. The first-order valence-corrected chi connectivity index (χ1v) is 8.71. The minimum Gasteiger partial charge on any atom is -0.317 e. The molecule has 0 heterocycles. The van der Waals surface area contributed by atoms with Gasteiger partial charge in [-0.2, -0.15) is 5.26 Å². The molecule has 1 aromatic carbocycles. The van der Waals surface area contributed by atoms with E-state index in [9.17, 15) is 8.42 Å². The van der Waals surface area contributed by atoms with E-state index in [1.165, 1.54) is 18.2 Å². The predicted molar refractivity (Wildman–Crippen MR) is 81.6 cm³/mol. The standard InChI is InChI=1S/C14H18ClN3O2S/c1-17-11-3-5-12(6-4-11)18-21(19,20)14-7-2-10(9-16)8-13(14)15/h2,7-8,11-12,17-18H,3-6H2,1H3. The van der Waals surface area contributed by atoms with Crippen LogP contribution in [0.4, 0.5) is 0 Å². The average molecular weight is 328 g/mol. The van der Waals surface area contributed by atoms with Gasteiger partial charge in [-0.15, -0.1) is 0 Å². The lowest BCUT2D eigenvalue weighted by atomic mass is 9.92. The summed E-state index contributed by atoms with van der Waals surface area (Å²) in [6.45, 7) is 0. The molecule has 1 aromatic rings. The fourth-order valence-corrected chi connectivity index (χ4v) is 4.42. The molecule has 1 aliphatic carbocycles. The van der Waals surface area contributed by atoms with Crippen LogP contribution >= 0.6 is 11.6 Å². The van der Waals surface area contributed by atoms with Gasteiger partial charge in [0.15, 0.2) is 0 Å². The third kappa shape index (κ3) is 3.95. The predicted octanol–water partition coefficient (Wildman–Crippen LogP) is 2.02. The fourth-order valence-electron chi connectivity index (χ4n) is 2.57. The highest BCUT2D eigenvalue weighted by Gasteiger charge is 2.26. The van der Waals surface area contributed by atoms with Crippen molar-refractivity contribution in [3.8, 4) is 6.07 Å². The van der Waals surface area contributed by atoms with Crippen LogP contribution in [0.5, 0.6) is 0 Å². The van der Waals surface area contributed by atoms with Crippen molar-refractivity contribution in [2.75, 3.05) is 7.05 Å². The summed E-state index contributed by atoms with van der Waals surface area (Å²) in [4.78, 5) is 0.0268. The Balaban J connectivity index is 2.11. The Morgan fingerprint density at radius 1 is 1.24 bits per heavy atom. The van der Waals surface area contributed by atoms with Crippen LogP contribution in [0.25, 0.3) is 0 Å². The number of nitrogens with zero attached hydrogens (tertiary/aromatic N) is 1. The molecule has 1 saturated carbocycles. The lowest BCUT2D eigenvalue weighted by molar-refractivity contribution is 0.343. The summed E-state index contributed by atoms with van der Waals surface area (Å²) in [5.74, 6) is 0. The molecule has 0 unspecified atom stereocenters. The van der Waals surface area contributed by atoms with E-state index in [2.05, 4.69) is 10.0 Å². The van der Waals surface area contributed by atoms with E-state index in [1.807, 2.05) is 13.1 Å². The maximum atomic E-state index is 12.4. The lowest BCUT2D eigenvalue weighted by Crippen LogP contribution is -2.41. The Hall–Kier alpha value is -1.13. The minimum atomic E-state index is -3.65. The largest absolute Gasteiger partial charge is 0.317 e. The first kappa shape index (κ1) is 16.2. The number of hydrogen-bond acceptors (Lipinski definition) is 4. The molecule has 0 aromatic heterocycles. The molecule has 2 rings (SSSR count). The Morgan fingerprint density at radius 2 is 1.86 bits per heavy atom. The van der Waals surface area contributed by atoms with E-state index < -0.39 is 10.0 Å². The molecule has 0 amide bonds. The highest BCUT2D eigenvalue weighted by atomic mass is 35.5. The summed E-state index contributed by atoms with van der Waals surface area (Å²) >= 11 is 5.98. The molecule has 0 atom stereocenters. The second kappa shape index (κ2) is 6.75. The summed E-state index contributed by atoms with van der Waals surface area (Å²) in [6.07, 6.45) is 3.51. The SMILES string of the molecule is CNC1CCC(NS(=O)(=O)c2ccc(C#N)cc2Cl)CC1. The monoisotopic (exact) mass is 327 g/mol. The zero-order valence-corrected chi connectivity index (χ0v) is 13.3. The molecule has 0 bridgehead atoms. The third-order valence-corrected chi connectivity index (χ3v) is 5.81. The maximum absolute atomic E-state index is 12.4. The molecule has 7 heteroatoms. The van der Waals surface area contributed by atoms with Crippen LogP contribution in [0.3, 0.4) is 0 Å². The molecular weight excluding hydrogens is 310 g/mol. The topological polar surface area (TPSA) is 82.0 Å². The second-order valence-electron chi connectivity index (χ2n) is 5.22. The van der Waals surface area contributed by atoms with Crippen molar-refractivity contribution >= 4 is 21.6 Å². The van der Waals surface area contributed by atoms with Crippen LogP contribution in [-0.2, 0) is 10.0 Å². The molecule has 1 fully saturated rings. The van der Waals surface area contributed by atoms with E-state index in [-0.39, 0.29) is 16.0 Å². The molecule has 1 aliphatic rings. The molecule has 114 valence electrons. The number of hydrogen-bond donors (Lipinski definition) is 2. The van der Waals surface area contributed by atoms with E-state index in [4.69, 9.17) is 16.9 Å². The number of nitrogens with one attached hydrogen (secondary N) is 2. The third-order valence-electron chi connectivity index (χ3n) is 3.81. The van der Waals surface area contributed by atoms with Crippen LogP contribution in [0, 0.1) is 11.3 Å². The highest BCUT2D eigenvalue weighted by molar-refractivity contribution is 7.89. The second-order valence-corrected chi connectivity index (χ2v) is 7.31. The molecule has 5 nitrogen and oxygen atoms in total. The Kier molecular flexibility index (Phi) is 5.22. The van der Waals surface area contributed by atoms with Gasteiger partial charge < -0.3 is 5.32 Å². The van der Waals surface area contributed by atoms with Crippen molar-refractivity contribution in [1.82, 2.24) is 10.0 Å². The van der Waals surface area contributed by atoms with Crippen LogP contribution in [0.15, 0.2) is 23.1 Å². The van der Waals surface area contributed by atoms with Crippen molar-refractivity contribution in [1.29, 1.82) is 5.26 Å². The van der Waals surface area contributed by atoms with Gasteiger partial charge >= 0.3 is 0 Å². The van der Waals surface area contributed by atoms with Gasteiger partial charge in [0.1, 0.15) is 4.90 Å². The van der Waals surface area contributed by atoms with Crippen molar-refractivity contribution in [2.45, 2.75) is 42.7 Å². The summed E-state index contributed by atoms with van der Waals surface area (Å²) in [5.41, 5.74) is 0.341. The zero-order chi connectivity index (χ0) is 15.5. The van der Waals surface area contributed by atoms with Gasteiger partial charge in [0, 0.05) is 12.1 Å². The summed E-state index contributed by atoms with van der Waals surface area (Å²) < 4.78 is 27.5. The van der Waals surface area contributed by atoms with Crippen LogP contribution in [0.2, 0.25) is 5.02 Å². The summed E-state index contributed by atoms with van der Waals surface area (Å²) in [7, 11) is -1.73. The van der Waals surface area contributed by atoms with Gasteiger partial charge in [0.2, 0.25) is 10.0 Å². The van der Waals surface area contributed by atoms with E-state index >= 15 is 0 Å². The summed E-state index contributed by atoms with van der Waals surface area (Å²) in [5, 5.41) is 12.1. The van der Waals surface area contributed by atoms with Gasteiger partial charge in [-0.05, 0) is 50.9 Å². The molecule has 0 radical (unpaired) electrons. The molecule has 0 aliphatic heterocycles. The van der Waals surface area contributed by atoms with Crippen molar-refractivity contribution in [3.63, 3.8) is 0 Å². The van der Waals surface area contributed by atoms with Gasteiger partial charge in [-0.3, -0.25) is 0 Å². The molecule has 0 saturated heterocycles. The van der Waals surface area contributed by atoms with Crippen LogP contribution in [-0.4, -0.2) is 27.5 Å².